The number of amides is 2. The summed E-state index contributed by atoms with van der Waals surface area (Å²) in [5.41, 5.74) is 0.0699. The summed E-state index contributed by atoms with van der Waals surface area (Å²) in [6, 6.07) is 2.05. The number of likely N-dealkylation sites (tertiary alicyclic amines) is 1. The predicted molar refractivity (Wildman–Crippen MR) is 89.7 cm³/mol. The summed E-state index contributed by atoms with van der Waals surface area (Å²) < 4.78 is 0. The minimum absolute atomic E-state index is 0.0311. The molecule has 1 aromatic rings. The highest BCUT2D eigenvalue weighted by atomic mass is 32.1. The van der Waals surface area contributed by atoms with Gasteiger partial charge in [-0.15, -0.1) is 11.3 Å². The van der Waals surface area contributed by atoms with Gasteiger partial charge in [-0.05, 0) is 43.2 Å². The highest BCUT2D eigenvalue weighted by Gasteiger charge is 2.45. The number of carbonyl (C=O) groups is 3. The van der Waals surface area contributed by atoms with Crippen LogP contribution < -0.4 is 0 Å². The Morgan fingerprint density at radius 1 is 1.25 bits per heavy atom. The van der Waals surface area contributed by atoms with Crippen LogP contribution >= 0.6 is 11.3 Å². The maximum Gasteiger partial charge on any atom is 0.329 e. The summed E-state index contributed by atoms with van der Waals surface area (Å²) in [7, 11) is 0. The molecule has 0 spiro atoms. The van der Waals surface area contributed by atoms with Crippen molar-refractivity contribution in [1.82, 2.24) is 9.80 Å². The molecule has 7 heteroatoms. The molecule has 2 aliphatic heterocycles. The minimum atomic E-state index is -1.13. The second kappa shape index (κ2) is 6.55. The molecule has 1 saturated heterocycles. The molecule has 3 rings (SSSR count). The number of carbonyl (C=O) groups excluding carboxylic acids is 2. The van der Waals surface area contributed by atoms with E-state index in [9.17, 15) is 19.5 Å². The molecule has 1 unspecified atom stereocenters. The lowest BCUT2D eigenvalue weighted by Crippen LogP contribution is -2.51. The fraction of sp³-hybridized carbons (Fsp3) is 0.588. The Morgan fingerprint density at radius 2 is 2.00 bits per heavy atom. The smallest absolute Gasteiger partial charge is 0.329 e. The zero-order valence-corrected chi connectivity index (χ0v) is 14.6. The van der Waals surface area contributed by atoms with Crippen molar-refractivity contribution in [3.63, 3.8) is 0 Å². The second-order valence-electron chi connectivity index (χ2n) is 6.66. The summed E-state index contributed by atoms with van der Waals surface area (Å²) in [5, 5.41) is 11.4. The van der Waals surface area contributed by atoms with Gasteiger partial charge in [-0.2, -0.15) is 0 Å². The van der Waals surface area contributed by atoms with E-state index in [1.807, 2.05) is 11.4 Å². The average Bonchev–Trinajstić information content (AvgIpc) is 3.18. The molecular formula is C17H22N2O4S. The zero-order valence-electron chi connectivity index (χ0n) is 13.8. The lowest BCUT2D eigenvalue weighted by Gasteiger charge is -2.31. The molecule has 0 aliphatic carbocycles. The van der Waals surface area contributed by atoms with Gasteiger partial charge >= 0.3 is 5.97 Å². The van der Waals surface area contributed by atoms with E-state index >= 15 is 0 Å². The first-order valence-electron chi connectivity index (χ1n) is 8.29. The van der Waals surface area contributed by atoms with Gasteiger partial charge in [-0.3, -0.25) is 9.59 Å². The van der Waals surface area contributed by atoms with Crippen LogP contribution in [0.25, 0.3) is 0 Å². The van der Waals surface area contributed by atoms with Crippen molar-refractivity contribution in [3.8, 4) is 0 Å². The summed E-state index contributed by atoms with van der Waals surface area (Å²) in [6.45, 7) is 3.35. The van der Waals surface area contributed by atoms with Crippen LogP contribution in [0.5, 0.6) is 0 Å². The van der Waals surface area contributed by atoms with Crippen molar-refractivity contribution in [3.05, 3.63) is 21.9 Å². The first-order chi connectivity index (χ1) is 11.4. The number of hydrogen-bond donors (Lipinski definition) is 1. The van der Waals surface area contributed by atoms with Gasteiger partial charge in [0.2, 0.25) is 11.8 Å². The van der Waals surface area contributed by atoms with Gasteiger partial charge in [0.05, 0.1) is 0 Å². The van der Waals surface area contributed by atoms with E-state index in [0.29, 0.717) is 32.5 Å². The molecule has 1 aromatic heterocycles. The molecule has 24 heavy (non-hydrogen) atoms. The lowest BCUT2D eigenvalue weighted by molar-refractivity contribution is -0.155. The molecule has 1 atom stereocenters. The normalized spacial score (nSPS) is 23.2. The van der Waals surface area contributed by atoms with E-state index in [2.05, 4.69) is 0 Å². The number of fused-ring (bicyclic) bond motifs is 1. The molecule has 3 heterocycles. The number of thiophene rings is 1. The topological polar surface area (TPSA) is 77.9 Å². The van der Waals surface area contributed by atoms with E-state index < -0.39 is 11.5 Å². The van der Waals surface area contributed by atoms with Gasteiger partial charge in [0, 0.05) is 37.4 Å². The molecule has 0 bridgehead atoms. The molecule has 130 valence electrons. The first-order valence-corrected chi connectivity index (χ1v) is 9.16. The van der Waals surface area contributed by atoms with Gasteiger partial charge < -0.3 is 14.9 Å². The molecule has 6 nitrogen and oxygen atoms in total. The van der Waals surface area contributed by atoms with Gasteiger partial charge in [0.1, 0.15) is 5.54 Å². The third-order valence-electron chi connectivity index (χ3n) is 5.12. The SMILES string of the molecule is CC1(C(=O)O)CCCN1C(=O)CCC(=O)N1CCc2sccc2C1. The van der Waals surface area contributed by atoms with Crippen LogP contribution in [0.4, 0.5) is 0 Å². The summed E-state index contributed by atoms with van der Waals surface area (Å²) in [4.78, 5) is 40.8. The van der Waals surface area contributed by atoms with E-state index in [-0.39, 0.29) is 24.7 Å². The minimum Gasteiger partial charge on any atom is -0.480 e. The molecule has 1 fully saturated rings. The lowest BCUT2D eigenvalue weighted by atomic mass is 9.99. The number of nitrogens with zero attached hydrogens (tertiary/aromatic N) is 2. The third-order valence-corrected chi connectivity index (χ3v) is 6.14. The summed E-state index contributed by atoms with van der Waals surface area (Å²) >= 11 is 1.72. The third kappa shape index (κ3) is 3.05. The standard InChI is InChI=1S/C17H22N2O4S/c1-17(16(22)23)7-2-8-19(17)15(21)4-3-14(20)18-9-5-13-12(11-18)6-10-24-13/h6,10H,2-5,7-9,11H2,1H3,(H,22,23). The molecule has 0 saturated carbocycles. The Morgan fingerprint density at radius 3 is 2.75 bits per heavy atom. The van der Waals surface area contributed by atoms with Crippen LogP contribution in [0.3, 0.4) is 0 Å². The monoisotopic (exact) mass is 350 g/mol. The van der Waals surface area contributed by atoms with Gasteiger partial charge in [-0.25, -0.2) is 4.79 Å². The Hall–Kier alpha value is -1.89. The summed E-state index contributed by atoms with van der Waals surface area (Å²) in [6.07, 6.45) is 2.25. The fourth-order valence-electron chi connectivity index (χ4n) is 3.55. The van der Waals surface area contributed by atoms with Crippen LogP contribution in [-0.2, 0) is 27.3 Å². The summed E-state index contributed by atoms with van der Waals surface area (Å²) in [5.74, 6) is -1.24. The largest absolute Gasteiger partial charge is 0.480 e. The van der Waals surface area contributed by atoms with Crippen LogP contribution in [0, 0.1) is 0 Å². The van der Waals surface area contributed by atoms with E-state index in [1.54, 1.807) is 23.2 Å². The zero-order chi connectivity index (χ0) is 17.3. The average molecular weight is 350 g/mol. The van der Waals surface area contributed by atoms with E-state index in [0.717, 1.165) is 6.42 Å². The molecule has 0 aromatic carbocycles. The van der Waals surface area contributed by atoms with Crippen molar-refractivity contribution in [2.24, 2.45) is 0 Å². The van der Waals surface area contributed by atoms with Crippen LogP contribution in [0.15, 0.2) is 11.4 Å². The molecular weight excluding hydrogens is 328 g/mol. The van der Waals surface area contributed by atoms with Crippen molar-refractivity contribution in [2.75, 3.05) is 13.1 Å². The van der Waals surface area contributed by atoms with Gasteiger partial charge in [0.25, 0.3) is 0 Å². The maximum atomic E-state index is 12.4. The number of rotatable bonds is 4. The highest BCUT2D eigenvalue weighted by Crippen LogP contribution is 2.30. The Balaban J connectivity index is 1.55. The highest BCUT2D eigenvalue weighted by molar-refractivity contribution is 7.10. The Bertz CT molecular complexity index is 671. The number of carboxylic acid groups (broad SMARTS) is 1. The number of carboxylic acids is 1. The molecule has 1 N–H and O–H groups in total. The van der Waals surface area contributed by atoms with Crippen molar-refractivity contribution < 1.29 is 19.5 Å². The Kier molecular flexibility index (Phi) is 4.62. The molecule has 0 radical (unpaired) electrons. The quantitative estimate of drug-likeness (QED) is 0.899. The van der Waals surface area contributed by atoms with Gasteiger partial charge in [-0.1, -0.05) is 0 Å². The maximum absolute atomic E-state index is 12.4. The van der Waals surface area contributed by atoms with Crippen molar-refractivity contribution in [1.29, 1.82) is 0 Å². The number of hydrogen-bond acceptors (Lipinski definition) is 4. The van der Waals surface area contributed by atoms with Crippen molar-refractivity contribution >= 4 is 29.1 Å². The molecule has 2 aliphatic rings. The predicted octanol–water partition coefficient (Wildman–Crippen LogP) is 1.88. The Labute approximate surface area is 145 Å². The second-order valence-corrected chi connectivity index (χ2v) is 7.66. The first kappa shape index (κ1) is 17.0. The van der Waals surface area contributed by atoms with E-state index in [1.165, 1.54) is 15.3 Å². The van der Waals surface area contributed by atoms with Gasteiger partial charge in [0.15, 0.2) is 0 Å². The molecule has 2 amide bonds. The van der Waals surface area contributed by atoms with Crippen LogP contribution in [-0.4, -0.2) is 51.3 Å². The number of aliphatic carboxylic acids is 1. The van der Waals surface area contributed by atoms with E-state index in [4.69, 9.17) is 0 Å². The fourth-order valence-corrected chi connectivity index (χ4v) is 4.44. The van der Waals surface area contributed by atoms with Crippen LogP contribution in [0.1, 0.15) is 43.0 Å². The van der Waals surface area contributed by atoms with Crippen LogP contribution in [0.2, 0.25) is 0 Å². The van der Waals surface area contributed by atoms with Crippen molar-refractivity contribution in [2.45, 2.75) is 51.1 Å².